The Bertz CT molecular complexity index is 489. The lowest BCUT2D eigenvalue weighted by Crippen LogP contribution is -2.81. The summed E-state index contributed by atoms with van der Waals surface area (Å²) in [7, 11) is 0. The van der Waals surface area contributed by atoms with E-state index in [0.717, 1.165) is 0 Å². The molecule has 4 nitrogen and oxygen atoms in total. The molecule has 1 heterocycles. The molecule has 1 aliphatic rings. The number of carboxylic acid groups (broad SMARTS) is 1. The molecular formula is C7HF12NO3. The highest BCUT2D eigenvalue weighted by atomic mass is 19.4. The van der Waals surface area contributed by atoms with E-state index in [1.807, 2.05) is 0 Å². The fourth-order valence-corrected chi connectivity index (χ4v) is 1.45. The molecule has 0 bridgehead atoms. The summed E-state index contributed by atoms with van der Waals surface area (Å²) in [6, 6.07) is -14.2. The first kappa shape index (κ1) is 19.6. The molecule has 0 amide bonds. The maximum absolute atomic E-state index is 13.5. The molecule has 0 radical (unpaired) electrons. The van der Waals surface area contributed by atoms with Gasteiger partial charge in [0.2, 0.25) is 0 Å². The van der Waals surface area contributed by atoms with E-state index in [-0.39, 0.29) is 0 Å². The third-order valence-corrected chi connectivity index (χ3v) is 2.49. The van der Waals surface area contributed by atoms with E-state index in [1.165, 1.54) is 0 Å². The fraction of sp³-hybridized carbons (Fsp3) is 0.857. The number of ether oxygens (including phenoxy) is 1. The number of hydrogen-bond acceptors (Lipinski definition) is 3. The molecule has 0 aromatic heterocycles. The van der Waals surface area contributed by atoms with Gasteiger partial charge < -0.3 is 5.11 Å². The minimum atomic E-state index is -7.24. The summed E-state index contributed by atoms with van der Waals surface area (Å²) >= 11 is 0. The summed E-state index contributed by atoms with van der Waals surface area (Å²) < 4.78 is 156. The maximum atomic E-state index is 13.5. The molecule has 23 heavy (non-hydrogen) atoms. The lowest BCUT2D eigenvalue weighted by Gasteiger charge is -2.50. The SMILES string of the molecule is O=C(O)C(F)(N1C(F)(F)C(F)(F)OC(F)(F)C1(F)F)C(F)(F)F. The van der Waals surface area contributed by atoms with Crippen LogP contribution in [0.3, 0.4) is 0 Å². The fourth-order valence-electron chi connectivity index (χ4n) is 1.45. The number of nitrogens with zero attached hydrogens (tertiary/aromatic N) is 1. The van der Waals surface area contributed by atoms with Crippen LogP contribution >= 0.6 is 0 Å². The molecule has 1 N–H and O–H groups in total. The molecule has 1 fully saturated rings. The van der Waals surface area contributed by atoms with Crippen molar-refractivity contribution in [1.82, 2.24) is 4.90 Å². The van der Waals surface area contributed by atoms with Crippen molar-refractivity contribution in [3.63, 3.8) is 0 Å². The quantitative estimate of drug-likeness (QED) is 0.596. The summed E-state index contributed by atoms with van der Waals surface area (Å²) in [5.74, 6) is -11.2. The van der Waals surface area contributed by atoms with Crippen LogP contribution in [0.1, 0.15) is 0 Å². The minimum absolute atomic E-state index is 1.77. The van der Waals surface area contributed by atoms with Crippen LogP contribution in [0.5, 0.6) is 0 Å². The van der Waals surface area contributed by atoms with Crippen molar-refractivity contribution >= 4 is 5.97 Å². The Labute approximate surface area is 116 Å². The molecule has 1 unspecified atom stereocenters. The number of morpholine rings is 1. The first-order valence-electron chi connectivity index (χ1n) is 4.77. The van der Waals surface area contributed by atoms with Gasteiger partial charge >= 0.3 is 42.2 Å². The largest absolute Gasteiger partial charge is 0.478 e. The molecule has 0 aliphatic carbocycles. The molecule has 0 saturated carbocycles. The van der Waals surface area contributed by atoms with Crippen molar-refractivity contribution in [2.75, 3.05) is 0 Å². The lowest BCUT2D eigenvalue weighted by atomic mass is 10.1. The summed E-state index contributed by atoms with van der Waals surface area (Å²) in [5.41, 5.74) is 0. The van der Waals surface area contributed by atoms with Crippen LogP contribution in [0, 0.1) is 0 Å². The van der Waals surface area contributed by atoms with Crippen molar-refractivity contribution < 1.29 is 67.3 Å². The third-order valence-electron chi connectivity index (χ3n) is 2.49. The van der Waals surface area contributed by atoms with Crippen molar-refractivity contribution in [3.05, 3.63) is 0 Å². The number of aliphatic carboxylic acids is 1. The molecule has 1 aliphatic heterocycles. The molecule has 1 atom stereocenters. The number of rotatable bonds is 2. The van der Waals surface area contributed by atoms with Gasteiger partial charge in [0.25, 0.3) is 0 Å². The Morgan fingerprint density at radius 3 is 1.35 bits per heavy atom. The van der Waals surface area contributed by atoms with Gasteiger partial charge in [0.05, 0.1) is 0 Å². The number of hydrogen-bond donors (Lipinski definition) is 1. The van der Waals surface area contributed by atoms with E-state index in [2.05, 4.69) is 0 Å². The van der Waals surface area contributed by atoms with E-state index in [4.69, 9.17) is 5.11 Å². The van der Waals surface area contributed by atoms with Crippen LogP contribution in [-0.4, -0.2) is 52.3 Å². The highest BCUT2D eigenvalue weighted by Crippen LogP contribution is 2.60. The number of halogens is 12. The summed E-state index contributed by atoms with van der Waals surface area (Å²) in [4.78, 5) is 6.47. The molecule has 16 heteroatoms. The van der Waals surface area contributed by atoms with E-state index in [9.17, 15) is 57.5 Å². The molecule has 136 valence electrons. The topological polar surface area (TPSA) is 49.8 Å². The normalized spacial score (nSPS) is 28.9. The standard InChI is InChI=1S/C7HF12NO3/c8-2(1(21)22,3(9,10)11)20-4(12,13)6(16,17)23-7(18,19)5(20,14)15/h(H,21,22). The maximum Gasteiger partial charge on any atom is 0.448 e. The predicted molar refractivity (Wildman–Crippen MR) is 40.2 cm³/mol. The zero-order valence-corrected chi connectivity index (χ0v) is 9.75. The third kappa shape index (κ3) is 2.29. The number of alkyl halides is 12. The number of carboxylic acids is 1. The molecule has 0 aromatic carbocycles. The van der Waals surface area contributed by atoms with Gasteiger partial charge in [0.15, 0.2) is 0 Å². The molecule has 0 aromatic rings. The molecule has 1 rings (SSSR count). The van der Waals surface area contributed by atoms with Gasteiger partial charge in [-0.15, -0.1) is 4.90 Å². The Kier molecular flexibility index (Phi) is 3.88. The molecular weight excluding hydrogens is 374 g/mol. The average Bonchev–Trinajstić information content (AvgIpc) is 2.22. The predicted octanol–water partition coefficient (Wildman–Crippen LogP) is 3.00. The van der Waals surface area contributed by atoms with Gasteiger partial charge in [0, 0.05) is 0 Å². The van der Waals surface area contributed by atoms with Crippen molar-refractivity contribution in [2.45, 2.75) is 36.3 Å². The monoisotopic (exact) mass is 375 g/mol. The smallest absolute Gasteiger partial charge is 0.448 e. The van der Waals surface area contributed by atoms with Crippen molar-refractivity contribution in [1.29, 1.82) is 0 Å². The summed E-state index contributed by atoms with van der Waals surface area (Å²) in [6.07, 6.45) is -20.8. The average molecular weight is 375 g/mol. The Morgan fingerprint density at radius 2 is 1.13 bits per heavy atom. The van der Waals surface area contributed by atoms with Crippen LogP contribution in [0.2, 0.25) is 0 Å². The highest BCUT2D eigenvalue weighted by Gasteiger charge is 2.91. The zero-order chi connectivity index (χ0) is 18.9. The zero-order valence-electron chi connectivity index (χ0n) is 9.75. The highest BCUT2D eigenvalue weighted by molar-refractivity contribution is 5.78. The van der Waals surface area contributed by atoms with Gasteiger partial charge in [-0.2, -0.15) is 48.3 Å². The van der Waals surface area contributed by atoms with Gasteiger partial charge in [0.1, 0.15) is 0 Å². The van der Waals surface area contributed by atoms with E-state index in [1.54, 1.807) is 4.74 Å². The van der Waals surface area contributed by atoms with Gasteiger partial charge in [-0.3, -0.25) is 0 Å². The van der Waals surface area contributed by atoms with Gasteiger partial charge in [-0.05, 0) is 0 Å². The van der Waals surface area contributed by atoms with Crippen molar-refractivity contribution in [3.8, 4) is 0 Å². The Hall–Kier alpha value is -1.45. The van der Waals surface area contributed by atoms with E-state index < -0.39 is 47.1 Å². The molecule has 1 saturated heterocycles. The van der Waals surface area contributed by atoms with Crippen LogP contribution in [0.15, 0.2) is 0 Å². The van der Waals surface area contributed by atoms with Crippen LogP contribution in [-0.2, 0) is 9.53 Å². The first-order valence-corrected chi connectivity index (χ1v) is 4.77. The van der Waals surface area contributed by atoms with Crippen LogP contribution < -0.4 is 0 Å². The van der Waals surface area contributed by atoms with E-state index in [0.29, 0.717) is 0 Å². The lowest BCUT2D eigenvalue weighted by molar-refractivity contribution is -0.583. The van der Waals surface area contributed by atoms with Crippen LogP contribution in [0.4, 0.5) is 52.7 Å². The van der Waals surface area contributed by atoms with Gasteiger partial charge in [-0.25, -0.2) is 13.9 Å². The summed E-state index contributed by atoms with van der Waals surface area (Å²) in [6.45, 7) is 0. The van der Waals surface area contributed by atoms with E-state index >= 15 is 0 Å². The summed E-state index contributed by atoms with van der Waals surface area (Å²) in [5, 5.41) is 7.99. The second-order valence-electron chi connectivity index (χ2n) is 3.98. The second-order valence-corrected chi connectivity index (χ2v) is 3.98. The van der Waals surface area contributed by atoms with Crippen LogP contribution in [0.25, 0.3) is 0 Å². The van der Waals surface area contributed by atoms with Gasteiger partial charge in [-0.1, -0.05) is 0 Å². The first-order chi connectivity index (χ1) is 9.77. The minimum Gasteiger partial charge on any atom is -0.478 e. The Balaban J connectivity index is 3.82. The Morgan fingerprint density at radius 1 is 0.826 bits per heavy atom. The molecule has 0 spiro atoms. The number of carbonyl (C=O) groups is 1. The second kappa shape index (κ2) is 4.55. The van der Waals surface area contributed by atoms with Crippen molar-refractivity contribution in [2.24, 2.45) is 0 Å².